The fraction of sp³-hybridized carbons (Fsp3) is 0.125. The van der Waals surface area contributed by atoms with E-state index in [1.807, 2.05) is 30.3 Å². The predicted octanol–water partition coefficient (Wildman–Crippen LogP) is 5.93. The van der Waals surface area contributed by atoms with E-state index in [9.17, 15) is 14.4 Å². The number of nitrogens with one attached hydrogen (secondary N) is 1. The van der Waals surface area contributed by atoms with E-state index in [4.69, 9.17) is 32.7 Å². The minimum absolute atomic E-state index is 0.0863. The first-order valence-electron chi connectivity index (χ1n) is 9.67. The number of rotatable bonds is 9. The van der Waals surface area contributed by atoms with Gasteiger partial charge in [-0.05, 0) is 54.6 Å². The van der Waals surface area contributed by atoms with Crippen LogP contribution in [0.25, 0.3) is 0 Å². The third-order valence-corrected chi connectivity index (χ3v) is 4.82. The number of esters is 1. The molecule has 3 aromatic rings. The topological polar surface area (TPSA) is 81.7 Å². The van der Waals surface area contributed by atoms with E-state index in [2.05, 4.69) is 5.32 Å². The molecule has 0 saturated heterocycles. The van der Waals surface area contributed by atoms with Gasteiger partial charge in [-0.15, -0.1) is 0 Å². The van der Waals surface area contributed by atoms with Gasteiger partial charge in [-0.1, -0.05) is 41.4 Å². The van der Waals surface area contributed by atoms with Crippen molar-refractivity contribution in [1.29, 1.82) is 0 Å². The Labute approximate surface area is 195 Å². The Morgan fingerprint density at radius 1 is 0.812 bits per heavy atom. The third-order valence-electron chi connectivity index (χ3n) is 4.27. The molecule has 32 heavy (non-hydrogen) atoms. The molecule has 6 nitrogen and oxygen atoms in total. The van der Waals surface area contributed by atoms with Crippen molar-refractivity contribution in [3.8, 4) is 11.5 Å². The van der Waals surface area contributed by atoms with E-state index < -0.39 is 18.4 Å². The second kappa shape index (κ2) is 11.3. The summed E-state index contributed by atoms with van der Waals surface area (Å²) in [7, 11) is 0. The zero-order valence-electron chi connectivity index (χ0n) is 16.8. The predicted molar refractivity (Wildman–Crippen MR) is 123 cm³/mol. The van der Waals surface area contributed by atoms with Crippen LogP contribution in [0.15, 0.2) is 72.8 Å². The molecule has 0 aliphatic carbocycles. The number of hydrogen-bond acceptors (Lipinski definition) is 5. The molecule has 1 amide bonds. The first-order valence-corrected chi connectivity index (χ1v) is 10.4. The van der Waals surface area contributed by atoms with Crippen molar-refractivity contribution in [2.45, 2.75) is 12.8 Å². The number of amides is 1. The van der Waals surface area contributed by atoms with E-state index >= 15 is 0 Å². The second-order valence-electron chi connectivity index (χ2n) is 6.70. The van der Waals surface area contributed by atoms with Gasteiger partial charge in [0.1, 0.15) is 11.5 Å². The van der Waals surface area contributed by atoms with Crippen LogP contribution in [0.1, 0.15) is 23.2 Å². The molecule has 0 aliphatic rings. The summed E-state index contributed by atoms with van der Waals surface area (Å²) in [5.74, 6) is -0.138. The number of ketones is 1. The molecule has 0 bridgehead atoms. The minimum Gasteiger partial charge on any atom is -0.457 e. The molecule has 8 heteroatoms. The summed E-state index contributed by atoms with van der Waals surface area (Å²) < 4.78 is 10.6. The highest BCUT2D eigenvalue weighted by Gasteiger charge is 2.14. The fourth-order valence-electron chi connectivity index (χ4n) is 2.68. The number of anilines is 1. The number of hydrogen-bond donors (Lipinski definition) is 1. The van der Waals surface area contributed by atoms with E-state index in [1.54, 1.807) is 24.3 Å². The molecule has 1 N–H and O–H groups in total. The van der Waals surface area contributed by atoms with Gasteiger partial charge in [0.25, 0.3) is 0 Å². The second-order valence-corrected chi connectivity index (χ2v) is 7.54. The Morgan fingerprint density at radius 2 is 1.50 bits per heavy atom. The fourth-order valence-corrected chi connectivity index (χ4v) is 3.20. The molecule has 0 aliphatic heterocycles. The van der Waals surface area contributed by atoms with Crippen molar-refractivity contribution in [2.75, 3.05) is 11.9 Å². The van der Waals surface area contributed by atoms with Crippen LogP contribution in [0.5, 0.6) is 11.5 Å². The molecule has 3 aromatic carbocycles. The standard InChI is InChI=1S/C24H19Cl2NO5/c25-16-6-11-20(21(26)14-16)22(28)15-31-24(30)13-12-23(29)27-17-7-9-19(10-8-17)32-18-4-2-1-3-5-18/h1-11,14H,12-13,15H2,(H,27,29). The molecule has 164 valence electrons. The van der Waals surface area contributed by atoms with Crippen LogP contribution < -0.4 is 10.1 Å². The van der Waals surface area contributed by atoms with Crippen LogP contribution in [0.4, 0.5) is 5.69 Å². The molecule has 0 radical (unpaired) electrons. The van der Waals surface area contributed by atoms with Gasteiger partial charge >= 0.3 is 5.97 Å². The number of carbonyl (C=O) groups is 3. The van der Waals surface area contributed by atoms with E-state index in [1.165, 1.54) is 18.2 Å². The largest absolute Gasteiger partial charge is 0.457 e. The van der Waals surface area contributed by atoms with Crippen molar-refractivity contribution < 1.29 is 23.9 Å². The Morgan fingerprint density at radius 3 is 2.19 bits per heavy atom. The lowest BCUT2D eigenvalue weighted by Crippen LogP contribution is -2.17. The van der Waals surface area contributed by atoms with E-state index in [0.717, 1.165) is 0 Å². The average molecular weight is 472 g/mol. The summed E-state index contributed by atoms with van der Waals surface area (Å²) in [6.07, 6.45) is -0.250. The van der Waals surface area contributed by atoms with Gasteiger partial charge in [0.2, 0.25) is 11.7 Å². The molecule has 3 rings (SSSR count). The summed E-state index contributed by atoms with van der Waals surface area (Å²) in [5, 5.41) is 3.27. The number of carbonyl (C=O) groups excluding carboxylic acids is 3. The highest BCUT2D eigenvalue weighted by molar-refractivity contribution is 6.36. The maximum absolute atomic E-state index is 12.1. The van der Waals surface area contributed by atoms with Crippen molar-refractivity contribution in [2.24, 2.45) is 0 Å². The Kier molecular flexibility index (Phi) is 8.25. The van der Waals surface area contributed by atoms with Crippen molar-refractivity contribution >= 4 is 46.5 Å². The van der Waals surface area contributed by atoms with Crippen LogP contribution >= 0.6 is 23.2 Å². The lowest BCUT2D eigenvalue weighted by Gasteiger charge is -2.08. The van der Waals surface area contributed by atoms with Gasteiger partial charge in [-0.25, -0.2) is 0 Å². The highest BCUT2D eigenvalue weighted by Crippen LogP contribution is 2.23. The van der Waals surface area contributed by atoms with Gasteiger partial charge in [0, 0.05) is 22.7 Å². The van der Waals surface area contributed by atoms with Crippen LogP contribution in [0, 0.1) is 0 Å². The molecule has 0 fully saturated rings. The zero-order valence-corrected chi connectivity index (χ0v) is 18.4. The lowest BCUT2D eigenvalue weighted by atomic mass is 10.1. The van der Waals surface area contributed by atoms with Crippen LogP contribution in [0.3, 0.4) is 0 Å². The molecule has 0 aromatic heterocycles. The van der Waals surface area contributed by atoms with Gasteiger partial charge in [-0.2, -0.15) is 0 Å². The summed E-state index contributed by atoms with van der Waals surface area (Å²) >= 11 is 11.8. The van der Waals surface area contributed by atoms with Gasteiger partial charge in [0.15, 0.2) is 6.61 Å². The number of ether oxygens (including phenoxy) is 2. The van der Waals surface area contributed by atoms with Crippen molar-refractivity contribution in [3.63, 3.8) is 0 Å². The monoisotopic (exact) mass is 471 g/mol. The molecule has 0 atom stereocenters. The SMILES string of the molecule is O=C(CCC(=O)OCC(=O)c1ccc(Cl)cc1Cl)Nc1ccc(Oc2ccccc2)cc1. The summed E-state index contributed by atoms with van der Waals surface area (Å²) in [6.45, 7) is -0.468. The molecule has 0 saturated carbocycles. The Hall–Kier alpha value is -3.35. The molecule has 0 spiro atoms. The quantitative estimate of drug-likeness (QED) is 0.308. The summed E-state index contributed by atoms with van der Waals surface area (Å²) in [5.41, 5.74) is 0.776. The van der Waals surface area contributed by atoms with E-state index in [0.29, 0.717) is 22.2 Å². The van der Waals surface area contributed by atoms with Crippen LogP contribution in [-0.2, 0) is 14.3 Å². The average Bonchev–Trinajstić information content (AvgIpc) is 2.78. The minimum atomic E-state index is -0.662. The third kappa shape index (κ3) is 7.11. The molecular formula is C24H19Cl2NO5. The molecular weight excluding hydrogens is 453 g/mol. The van der Waals surface area contributed by atoms with Crippen molar-refractivity contribution in [1.82, 2.24) is 0 Å². The maximum Gasteiger partial charge on any atom is 0.306 e. The van der Waals surface area contributed by atoms with Crippen LogP contribution in [-0.4, -0.2) is 24.3 Å². The number of para-hydroxylation sites is 1. The first kappa shape index (κ1) is 23.3. The summed E-state index contributed by atoms with van der Waals surface area (Å²) in [4.78, 5) is 36.1. The van der Waals surface area contributed by atoms with Crippen LogP contribution in [0.2, 0.25) is 10.0 Å². The summed E-state index contributed by atoms with van der Waals surface area (Å²) in [6, 6.07) is 20.6. The zero-order chi connectivity index (χ0) is 22.9. The van der Waals surface area contributed by atoms with Gasteiger partial charge < -0.3 is 14.8 Å². The van der Waals surface area contributed by atoms with E-state index in [-0.39, 0.29) is 29.3 Å². The van der Waals surface area contributed by atoms with Crippen molar-refractivity contribution in [3.05, 3.63) is 88.4 Å². The highest BCUT2D eigenvalue weighted by atomic mass is 35.5. The smallest absolute Gasteiger partial charge is 0.306 e. The number of halogens is 2. The van der Waals surface area contributed by atoms with Gasteiger partial charge in [0.05, 0.1) is 11.4 Å². The van der Waals surface area contributed by atoms with Gasteiger partial charge in [-0.3, -0.25) is 14.4 Å². The normalized spacial score (nSPS) is 10.3. The molecule has 0 unspecified atom stereocenters. The number of Topliss-reactive ketones (excluding diaryl/α,β-unsaturated/α-hetero) is 1. The number of benzene rings is 3. The Bertz CT molecular complexity index is 1100. The molecule has 0 heterocycles. The maximum atomic E-state index is 12.1. The Balaban J connectivity index is 1.40. The lowest BCUT2D eigenvalue weighted by molar-refractivity contribution is -0.143. The first-order chi connectivity index (χ1) is 15.4.